The summed E-state index contributed by atoms with van der Waals surface area (Å²) in [5.41, 5.74) is 1.41. The van der Waals surface area contributed by atoms with Gasteiger partial charge < -0.3 is 15.1 Å². The Balaban J connectivity index is 0.00000192. The molecule has 1 amide bonds. The molecule has 1 aromatic carbocycles. The summed E-state index contributed by atoms with van der Waals surface area (Å²) in [6, 6.07) is 11.1. The quantitative estimate of drug-likeness (QED) is 0.914. The number of benzene rings is 1. The summed E-state index contributed by atoms with van der Waals surface area (Å²) in [6.45, 7) is 7.89. The number of hydrogen-bond donors (Lipinski definition) is 1. The van der Waals surface area contributed by atoms with Gasteiger partial charge in [0, 0.05) is 32.2 Å². The molecule has 0 aromatic heterocycles. The normalized spacial score (nSPS) is 24.1. The van der Waals surface area contributed by atoms with Crippen molar-refractivity contribution in [2.75, 3.05) is 39.3 Å². The molecule has 2 aliphatic rings. The number of rotatable bonds is 4. The number of likely N-dealkylation sites (tertiary alicyclic amines) is 1. The predicted molar refractivity (Wildman–Crippen MR) is 96.1 cm³/mol. The molecule has 2 heterocycles. The van der Waals surface area contributed by atoms with E-state index in [1.165, 1.54) is 12.0 Å². The van der Waals surface area contributed by atoms with Crippen LogP contribution >= 0.6 is 12.4 Å². The number of carbonyl (C=O) groups is 1. The van der Waals surface area contributed by atoms with Crippen LogP contribution in [0.15, 0.2) is 30.3 Å². The number of nitrogens with one attached hydrogen (secondary N) is 1. The van der Waals surface area contributed by atoms with Crippen molar-refractivity contribution in [2.24, 2.45) is 0 Å². The van der Waals surface area contributed by atoms with E-state index in [0.717, 1.165) is 39.1 Å². The zero-order valence-corrected chi connectivity index (χ0v) is 14.7. The maximum absolute atomic E-state index is 12.1. The fourth-order valence-corrected chi connectivity index (χ4v) is 3.73. The molecule has 1 aromatic rings. The zero-order chi connectivity index (χ0) is 15.4. The van der Waals surface area contributed by atoms with Crippen molar-refractivity contribution in [2.45, 2.75) is 31.7 Å². The minimum atomic E-state index is 0. The fourth-order valence-electron chi connectivity index (χ4n) is 3.73. The molecule has 128 valence electrons. The van der Waals surface area contributed by atoms with E-state index in [1.54, 1.807) is 0 Å². The summed E-state index contributed by atoms with van der Waals surface area (Å²) in [5.74, 6) is 0.813. The van der Waals surface area contributed by atoms with E-state index in [9.17, 15) is 4.79 Å². The van der Waals surface area contributed by atoms with Crippen LogP contribution in [0.5, 0.6) is 0 Å². The molecule has 2 aliphatic heterocycles. The largest absolute Gasteiger partial charge is 0.336 e. The number of piperazine rings is 1. The van der Waals surface area contributed by atoms with Crippen LogP contribution in [0.25, 0.3) is 0 Å². The van der Waals surface area contributed by atoms with E-state index in [-0.39, 0.29) is 18.3 Å². The Morgan fingerprint density at radius 3 is 2.78 bits per heavy atom. The number of hydrogen-bond acceptors (Lipinski definition) is 3. The van der Waals surface area contributed by atoms with Crippen LogP contribution in [0.1, 0.15) is 31.2 Å². The van der Waals surface area contributed by atoms with Crippen LogP contribution in [0.2, 0.25) is 0 Å². The summed E-state index contributed by atoms with van der Waals surface area (Å²) in [6.07, 6.45) is 2.35. The highest BCUT2D eigenvalue weighted by molar-refractivity contribution is 5.85. The minimum Gasteiger partial charge on any atom is -0.336 e. The van der Waals surface area contributed by atoms with Gasteiger partial charge in [-0.3, -0.25) is 4.79 Å². The molecular formula is C18H28ClN3O. The van der Waals surface area contributed by atoms with Crippen LogP contribution in [0.3, 0.4) is 0 Å². The second kappa shape index (κ2) is 8.67. The van der Waals surface area contributed by atoms with Gasteiger partial charge in [-0.15, -0.1) is 12.4 Å². The molecule has 3 rings (SSSR count). The molecule has 0 aliphatic carbocycles. The SMILES string of the molecule is CC(CN1CCCC(N2CCNCC2=O)C1)c1ccccc1.Cl. The number of halogens is 1. The predicted octanol–water partition coefficient (Wildman–Crippen LogP) is 2.11. The van der Waals surface area contributed by atoms with Gasteiger partial charge in [0.25, 0.3) is 0 Å². The molecular weight excluding hydrogens is 310 g/mol. The molecule has 2 fully saturated rings. The highest BCUT2D eigenvalue weighted by Crippen LogP contribution is 2.21. The maximum atomic E-state index is 12.1. The van der Waals surface area contributed by atoms with E-state index in [2.05, 4.69) is 52.4 Å². The third-order valence-corrected chi connectivity index (χ3v) is 4.95. The third-order valence-electron chi connectivity index (χ3n) is 4.95. The maximum Gasteiger partial charge on any atom is 0.236 e. The molecule has 0 spiro atoms. The molecule has 2 unspecified atom stereocenters. The van der Waals surface area contributed by atoms with Crippen LogP contribution < -0.4 is 5.32 Å². The minimum absolute atomic E-state index is 0. The lowest BCUT2D eigenvalue weighted by atomic mass is 9.97. The van der Waals surface area contributed by atoms with Crippen LogP contribution in [-0.4, -0.2) is 61.0 Å². The monoisotopic (exact) mass is 337 g/mol. The van der Waals surface area contributed by atoms with Crippen LogP contribution in [0.4, 0.5) is 0 Å². The number of carbonyl (C=O) groups excluding carboxylic acids is 1. The first-order valence-electron chi connectivity index (χ1n) is 8.51. The smallest absolute Gasteiger partial charge is 0.236 e. The van der Waals surface area contributed by atoms with Crippen molar-refractivity contribution in [1.29, 1.82) is 0 Å². The van der Waals surface area contributed by atoms with Crippen molar-refractivity contribution in [3.05, 3.63) is 35.9 Å². The van der Waals surface area contributed by atoms with E-state index < -0.39 is 0 Å². The lowest BCUT2D eigenvalue weighted by Crippen LogP contribution is -2.57. The highest BCUT2D eigenvalue weighted by atomic mass is 35.5. The summed E-state index contributed by atoms with van der Waals surface area (Å²) in [4.78, 5) is 16.7. The van der Waals surface area contributed by atoms with Gasteiger partial charge in [0.15, 0.2) is 0 Å². The van der Waals surface area contributed by atoms with Crippen molar-refractivity contribution in [1.82, 2.24) is 15.1 Å². The number of nitrogens with zero attached hydrogens (tertiary/aromatic N) is 2. The van der Waals surface area contributed by atoms with Gasteiger partial charge in [-0.2, -0.15) is 0 Å². The topological polar surface area (TPSA) is 35.6 Å². The summed E-state index contributed by atoms with van der Waals surface area (Å²) >= 11 is 0. The molecule has 23 heavy (non-hydrogen) atoms. The molecule has 5 heteroatoms. The van der Waals surface area contributed by atoms with E-state index in [1.807, 2.05) is 0 Å². The van der Waals surface area contributed by atoms with Crippen molar-refractivity contribution >= 4 is 18.3 Å². The number of piperidine rings is 1. The Hall–Kier alpha value is -1.10. The lowest BCUT2D eigenvalue weighted by molar-refractivity contribution is -0.135. The van der Waals surface area contributed by atoms with Gasteiger partial charge in [-0.25, -0.2) is 0 Å². The van der Waals surface area contributed by atoms with Gasteiger partial charge in [-0.1, -0.05) is 37.3 Å². The van der Waals surface area contributed by atoms with E-state index in [0.29, 0.717) is 18.5 Å². The van der Waals surface area contributed by atoms with E-state index >= 15 is 0 Å². The first-order chi connectivity index (χ1) is 10.7. The fraction of sp³-hybridized carbons (Fsp3) is 0.611. The molecule has 0 saturated carbocycles. The van der Waals surface area contributed by atoms with Gasteiger partial charge in [0.1, 0.15) is 0 Å². The first-order valence-corrected chi connectivity index (χ1v) is 8.51. The van der Waals surface area contributed by atoms with Gasteiger partial charge in [0.05, 0.1) is 6.54 Å². The lowest BCUT2D eigenvalue weighted by Gasteiger charge is -2.41. The average molecular weight is 338 g/mol. The Morgan fingerprint density at radius 2 is 2.04 bits per heavy atom. The standard InChI is InChI=1S/C18H27N3O.ClH/c1-15(16-6-3-2-4-7-16)13-20-10-5-8-17(14-20)21-11-9-19-12-18(21)22;/h2-4,6-7,15,17,19H,5,8-14H2,1H3;1H. The first kappa shape index (κ1) is 18.2. The van der Waals surface area contributed by atoms with Crippen molar-refractivity contribution < 1.29 is 4.79 Å². The summed E-state index contributed by atoms with van der Waals surface area (Å²) in [7, 11) is 0. The Kier molecular flexibility index (Phi) is 6.88. The molecule has 0 radical (unpaired) electrons. The molecule has 0 bridgehead atoms. The van der Waals surface area contributed by atoms with Crippen LogP contribution in [-0.2, 0) is 4.79 Å². The van der Waals surface area contributed by atoms with Gasteiger partial charge in [-0.05, 0) is 30.9 Å². The Bertz CT molecular complexity index is 496. The molecule has 2 saturated heterocycles. The van der Waals surface area contributed by atoms with Crippen molar-refractivity contribution in [3.8, 4) is 0 Å². The van der Waals surface area contributed by atoms with Gasteiger partial charge in [0.2, 0.25) is 5.91 Å². The van der Waals surface area contributed by atoms with Crippen LogP contribution in [0, 0.1) is 0 Å². The Morgan fingerprint density at radius 1 is 1.26 bits per heavy atom. The summed E-state index contributed by atoms with van der Waals surface area (Å²) in [5, 5.41) is 3.16. The Labute approximate surface area is 145 Å². The van der Waals surface area contributed by atoms with Gasteiger partial charge >= 0.3 is 0 Å². The number of amides is 1. The zero-order valence-electron chi connectivity index (χ0n) is 13.9. The second-order valence-corrected chi connectivity index (χ2v) is 6.63. The molecule has 1 N–H and O–H groups in total. The summed E-state index contributed by atoms with van der Waals surface area (Å²) < 4.78 is 0. The molecule has 2 atom stereocenters. The second-order valence-electron chi connectivity index (χ2n) is 6.63. The third kappa shape index (κ3) is 4.69. The van der Waals surface area contributed by atoms with E-state index in [4.69, 9.17) is 0 Å². The van der Waals surface area contributed by atoms with Crippen molar-refractivity contribution in [3.63, 3.8) is 0 Å². The highest BCUT2D eigenvalue weighted by Gasteiger charge is 2.30. The average Bonchev–Trinajstić information content (AvgIpc) is 2.56. The molecule has 4 nitrogen and oxygen atoms in total.